The van der Waals surface area contributed by atoms with Gasteiger partial charge in [-0.05, 0) is 55.2 Å². The first-order chi connectivity index (χ1) is 16.7. The van der Waals surface area contributed by atoms with Crippen LogP contribution in [0.1, 0.15) is 69.4 Å². The summed E-state index contributed by atoms with van der Waals surface area (Å²) in [6, 6.07) is 15.1. The lowest BCUT2D eigenvalue weighted by molar-refractivity contribution is -0.134. The Morgan fingerprint density at radius 1 is 0.657 bits per heavy atom. The van der Waals surface area contributed by atoms with Crippen molar-refractivity contribution in [1.82, 2.24) is 0 Å². The molecule has 0 amide bonds. The molecule has 0 radical (unpaired) electrons. The second-order valence-corrected chi connectivity index (χ2v) is 9.26. The zero-order chi connectivity index (χ0) is 25.1. The third-order valence-electron chi connectivity index (χ3n) is 6.33. The SMILES string of the molecule is CC(=O)Oc1c(C2CCC(c3ccc(Cl)cc3)CC2)c(OC(C)=O)c2ccccc2c1OC(C)=O. The molecule has 0 bridgehead atoms. The van der Waals surface area contributed by atoms with Gasteiger partial charge in [0.2, 0.25) is 0 Å². The summed E-state index contributed by atoms with van der Waals surface area (Å²) >= 11 is 6.05. The van der Waals surface area contributed by atoms with Gasteiger partial charge in [0.15, 0.2) is 11.5 Å². The lowest BCUT2D eigenvalue weighted by atomic mass is 9.75. The van der Waals surface area contributed by atoms with E-state index in [1.807, 2.05) is 18.2 Å². The van der Waals surface area contributed by atoms with E-state index in [-0.39, 0.29) is 17.4 Å². The number of halogens is 1. The van der Waals surface area contributed by atoms with Crippen molar-refractivity contribution in [2.45, 2.75) is 58.3 Å². The van der Waals surface area contributed by atoms with Gasteiger partial charge in [-0.1, -0.05) is 48.0 Å². The summed E-state index contributed by atoms with van der Waals surface area (Å²) in [5.41, 5.74) is 1.81. The molecule has 3 aromatic carbocycles. The number of ether oxygens (including phenoxy) is 3. The van der Waals surface area contributed by atoms with Gasteiger partial charge in [0.1, 0.15) is 5.75 Å². The van der Waals surface area contributed by atoms with E-state index in [9.17, 15) is 14.4 Å². The number of benzene rings is 3. The molecule has 0 unspecified atom stereocenters. The standard InChI is InChI=1S/C28H27ClO6/c1-16(30)33-26-23-6-4-5-7-24(23)27(34-17(2)31)28(35-18(3)32)25(26)21-10-8-19(9-11-21)20-12-14-22(29)15-13-20/h4-7,12-15,19,21H,8-11H2,1-3H3. The number of rotatable bonds is 5. The first-order valence-electron chi connectivity index (χ1n) is 11.6. The molecule has 0 N–H and O–H groups in total. The number of carbonyl (C=O) groups is 3. The molecule has 1 saturated carbocycles. The molecule has 6 nitrogen and oxygen atoms in total. The quantitative estimate of drug-likeness (QED) is 0.289. The highest BCUT2D eigenvalue weighted by atomic mass is 35.5. The van der Waals surface area contributed by atoms with Crippen molar-refractivity contribution < 1.29 is 28.6 Å². The average Bonchev–Trinajstić information content (AvgIpc) is 2.81. The molecule has 1 aliphatic rings. The van der Waals surface area contributed by atoms with Gasteiger partial charge < -0.3 is 14.2 Å². The maximum atomic E-state index is 12.1. The Bertz CT molecular complexity index is 1270. The van der Waals surface area contributed by atoms with Gasteiger partial charge in [-0.3, -0.25) is 14.4 Å². The van der Waals surface area contributed by atoms with Crippen LogP contribution < -0.4 is 14.2 Å². The minimum absolute atomic E-state index is 0.0684. The van der Waals surface area contributed by atoms with E-state index in [2.05, 4.69) is 12.1 Å². The molecule has 0 aromatic heterocycles. The minimum Gasteiger partial charge on any atom is -0.426 e. The summed E-state index contributed by atoms with van der Waals surface area (Å²) in [6.45, 7) is 3.92. The normalized spacial score (nSPS) is 17.6. The monoisotopic (exact) mass is 494 g/mol. The molecular weight excluding hydrogens is 468 g/mol. The summed E-state index contributed by atoms with van der Waals surface area (Å²) in [7, 11) is 0. The van der Waals surface area contributed by atoms with E-state index in [1.165, 1.54) is 26.3 Å². The molecule has 0 atom stereocenters. The van der Waals surface area contributed by atoms with Crippen LogP contribution in [0.15, 0.2) is 48.5 Å². The van der Waals surface area contributed by atoms with Gasteiger partial charge in [0.25, 0.3) is 0 Å². The highest BCUT2D eigenvalue weighted by molar-refractivity contribution is 6.30. The number of hydrogen-bond donors (Lipinski definition) is 0. The lowest BCUT2D eigenvalue weighted by Gasteiger charge is -2.31. The fourth-order valence-electron chi connectivity index (χ4n) is 4.94. The Balaban J connectivity index is 1.84. The van der Waals surface area contributed by atoms with Gasteiger partial charge in [0.05, 0.1) is 0 Å². The molecule has 3 aromatic rings. The molecule has 0 aliphatic heterocycles. The Hall–Kier alpha value is -3.38. The molecule has 0 spiro atoms. The van der Waals surface area contributed by atoms with Gasteiger partial charge in [-0.15, -0.1) is 0 Å². The van der Waals surface area contributed by atoms with Crippen LogP contribution in [-0.4, -0.2) is 17.9 Å². The van der Waals surface area contributed by atoms with Crippen molar-refractivity contribution in [1.29, 1.82) is 0 Å². The molecule has 1 aliphatic carbocycles. The second kappa shape index (κ2) is 10.5. The van der Waals surface area contributed by atoms with Crippen LogP contribution in [0.25, 0.3) is 10.8 Å². The smallest absolute Gasteiger partial charge is 0.308 e. The van der Waals surface area contributed by atoms with Crippen LogP contribution in [0.4, 0.5) is 0 Å². The maximum absolute atomic E-state index is 12.1. The predicted octanol–water partition coefficient (Wildman–Crippen LogP) is 6.71. The van der Waals surface area contributed by atoms with Crippen molar-refractivity contribution >= 4 is 40.3 Å². The van der Waals surface area contributed by atoms with E-state index in [1.54, 1.807) is 18.2 Å². The molecule has 4 rings (SSSR count). The van der Waals surface area contributed by atoms with E-state index in [0.29, 0.717) is 33.0 Å². The van der Waals surface area contributed by atoms with E-state index in [0.717, 1.165) is 25.7 Å². The fraction of sp³-hybridized carbons (Fsp3) is 0.321. The highest BCUT2D eigenvalue weighted by Gasteiger charge is 2.33. The first-order valence-corrected chi connectivity index (χ1v) is 12.0. The predicted molar refractivity (Wildman–Crippen MR) is 133 cm³/mol. The molecule has 1 fully saturated rings. The number of hydrogen-bond acceptors (Lipinski definition) is 6. The lowest BCUT2D eigenvalue weighted by Crippen LogP contribution is -2.17. The Morgan fingerprint density at radius 3 is 1.66 bits per heavy atom. The van der Waals surface area contributed by atoms with E-state index in [4.69, 9.17) is 25.8 Å². The van der Waals surface area contributed by atoms with Crippen LogP contribution >= 0.6 is 11.6 Å². The molecular formula is C28H27ClO6. The molecule has 0 heterocycles. The zero-order valence-electron chi connectivity index (χ0n) is 19.9. The van der Waals surface area contributed by atoms with Gasteiger partial charge in [0, 0.05) is 42.1 Å². The van der Waals surface area contributed by atoms with Crippen LogP contribution in [0.3, 0.4) is 0 Å². The summed E-state index contributed by atoms with van der Waals surface area (Å²) in [4.78, 5) is 36.3. The van der Waals surface area contributed by atoms with Gasteiger partial charge >= 0.3 is 17.9 Å². The average molecular weight is 495 g/mol. The van der Waals surface area contributed by atoms with Crippen molar-refractivity contribution in [2.24, 2.45) is 0 Å². The fourth-order valence-corrected chi connectivity index (χ4v) is 5.06. The number of carbonyl (C=O) groups excluding carboxylic acids is 3. The second-order valence-electron chi connectivity index (χ2n) is 8.83. The molecule has 35 heavy (non-hydrogen) atoms. The maximum Gasteiger partial charge on any atom is 0.308 e. The molecule has 182 valence electrons. The Morgan fingerprint density at radius 2 is 1.11 bits per heavy atom. The van der Waals surface area contributed by atoms with Crippen molar-refractivity contribution in [3.05, 3.63) is 64.7 Å². The van der Waals surface area contributed by atoms with Crippen molar-refractivity contribution in [3.63, 3.8) is 0 Å². The Kier molecular flexibility index (Phi) is 7.41. The molecule has 0 saturated heterocycles. The van der Waals surface area contributed by atoms with Crippen molar-refractivity contribution in [2.75, 3.05) is 0 Å². The summed E-state index contributed by atoms with van der Waals surface area (Å²) < 4.78 is 17.0. The summed E-state index contributed by atoms with van der Waals surface area (Å²) in [5.74, 6) is -0.644. The number of esters is 3. The first kappa shape index (κ1) is 24.7. The summed E-state index contributed by atoms with van der Waals surface area (Å²) in [5, 5.41) is 1.84. The van der Waals surface area contributed by atoms with Gasteiger partial charge in [-0.25, -0.2) is 0 Å². The number of fused-ring (bicyclic) bond motifs is 1. The van der Waals surface area contributed by atoms with Crippen molar-refractivity contribution in [3.8, 4) is 17.2 Å². The largest absolute Gasteiger partial charge is 0.426 e. The van der Waals surface area contributed by atoms with E-state index >= 15 is 0 Å². The third kappa shape index (κ3) is 5.49. The van der Waals surface area contributed by atoms with E-state index < -0.39 is 17.9 Å². The topological polar surface area (TPSA) is 78.9 Å². The summed E-state index contributed by atoms with van der Waals surface area (Å²) in [6.07, 6.45) is 3.32. The molecule has 7 heteroatoms. The van der Waals surface area contributed by atoms with Crippen LogP contribution in [0.2, 0.25) is 5.02 Å². The minimum atomic E-state index is -0.557. The van der Waals surface area contributed by atoms with Crippen LogP contribution in [-0.2, 0) is 14.4 Å². The van der Waals surface area contributed by atoms with Gasteiger partial charge in [-0.2, -0.15) is 0 Å². The van der Waals surface area contributed by atoms with Crippen LogP contribution in [0.5, 0.6) is 17.2 Å². The Labute approximate surface area is 209 Å². The van der Waals surface area contributed by atoms with Crippen LogP contribution in [0, 0.1) is 0 Å². The third-order valence-corrected chi connectivity index (χ3v) is 6.58. The zero-order valence-corrected chi connectivity index (χ0v) is 20.7. The highest BCUT2D eigenvalue weighted by Crippen LogP contribution is 2.53.